The monoisotopic (exact) mass is 186 g/mol. The van der Waals surface area contributed by atoms with Crippen molar-refractivity contribution in [3.05, 3.63) is 0 Å². The maximum Gasteiger partial charge on any atom is 0.237 e. The van der Waals surface area contributed by atoms with E-state index in [1.165, 1.54) is 0 Å². The molecule has 1 unspecified atom stereocenters. The summed E-state index contributed by atoms with van der Waals surface area (Å²) in [5.74, 6) is 0.0185. The zero-order valence-electron chi connectivity index (χ0n) is 8.05. The van der Waals surface area contributed by atoms with E-state index in [-0.39, 0.29) is 18.1 Å². The first-order valence-corrected chi connectivity index (χ1v) is 4.93. The fourth-order valence-corrected chi connectivity index (χ4v) is 1.43. The van der Waals surface area contributed by atoms with Crippen molar-refractivity contribution in [3.8, 4) is 0 Å². The zero-order valence-corrected chi connectivity index (χ0v) is 8.05. The van der Waals surface area contributed by atoms with E-state index in [2.05, 4.69) is 17.6 Å². The number of carbonyl (C=O) groups excluding carboxylic acids is 1. The summed E-state index contributed by atoms with van der Waals surface area (Å²) in [6, 6.07) is -0.188. The van der Waals surface area contributed by atoms with Crippen LogP contribution in [-0.2, 0) is 4.79 Å². The van der Waals surface area contributed by atoms with Crippen molar-refractivity contribution >= 4 is 5.91 Å². The molecule has 0 aromatic heterocycles. The molecule has 0 saturated carbocycles. The summed E-state index contributed by atoms with van der Waals surface area (Å²) in [5.41, 5.74) is 0. The van der Waals surface area contributed by atoms with Crippen molar-refractivity contribution in [2.75, 3.05) is 13.1 Å². The molecule has 4 heteroatoms. The Morgan fingerprint density at radius 3 is 3.00 bits per heavy atom. The molecule has 1 amide bonds. The van der Waals surface area contributed by atoms with Crippen LogP contribution in [0.5, 0.6) is 0 Å². The van der Waals surface area contributed by atoms with E-state index < -0.39 is 0 Å². The Kier molecular flexibility index (Phi) is 4.18. The third-order valence-electron chi connectivity index (χ3n) is 2.25. The predicted molar refractivity (Wildman–Crippen MR) is 50.3 cm³/mol. The number of amides is 1. The molecule has 2 atom stereocenters. The second-order valence-electron chi connectivity index (χ2n) is 3.49. The Hall–Kier alpha value is -0.610. The highest BCUT2D eigenvalue weighted by molar-refractivity contribution is 5.82. The molecule has 0 spiro atoms. The summed E-state index contributed by atoms with van der Waals surface area (Å²) >= 11 is 0. The van der Waals surface area contributed by atoms with Crippen LogP contribution >= 0.6 is 0 Å². The number of aliphatic hydroxyl groups excluding tert-OH is 1. The number of unbranched alkanes of at least 4 members (excludes halogenated alkanes) is 1. The molecule has 76 valence electrons. The molecular weight excluding hydrogens is 168 g/mol. The molecule has 1 aliphatic rings. The second-order valence-corrected chi connectivity index (χ2v) is 3.49. The number of nitrogens with one attached hydrogen (secondary N) is 2. The Labute approximate surface area is 78.7 Å². The summed E-state index contributed by atoms with van der Waals surface area (Å²) in [7, 11) is 0. The van der Waals surface area contributed by atoms with Crippen molar-refractivity contribution < 1.29 is 9.90 Å². The molecule has 3 N–H and O–H groups in total. The first-order valence-electron chi connectivity index (χ1n) is 4.93. The van der Waals surface area contributed by atoms with Gasteiger partial charge in [0, 0.05) is 13.1 Å². The van der Waals surface area contributed by atoms with Gasteiger partial charge < -0.3 is 15.7 Å². The molecule has 1 aliphatic heterocycles. The van der Waals surface area contributed by atoms with Gasteiger partial charge in [-0.15, -0.1) is 0 Å². The van der Waals surface area contributed by atoms with Gasteiger partial charge in [-0.05, 0) is 12.8 Å². The van der Waals surface area contributed by atoms with Gasteiger partial charge in [0.05, 0.1) is 12.1 Å². The lowest BCUT2D eigenvalue weighted by Gasteiger charge is -2.09. The third-order valence-corrected chi connectivity index (χ3v) is 2.25. The van der Waals surface area contributed by atoms with E-state index in [1.807, 2.05) is 0 Å². The molecule has 0 bridgehead atoms. The van der Waals surface area contributed by atoms with Crippen molar-refractivity contribution in [2.24, 2.45) is 0 Å². The minimum absolute atomic E-state index is 0.0185. The quantitative estimate of drug-likeness (QED) is 0.525. The molecular formula is C9H18N2O2. The average molecular weight is 186 g/mol. The van der Waals surface area contributed by atoms with Crippen LogP contribution < -0.4 is 10.6 Å². The van der Waals surface area contributed by atoms with Crippen molar-refractivity contribution in [3.63, 3.8) is 0 Å². The van der Waals surface area contributed by atoms with Gasteiger partial charge >= 0.3 is 0 Å². The van der Waals surface area contributed by atoms with E-state index in [0.29, 0.717) is 13.0 Å². The van der Waals surface area contributed by atoms with Gasteiger partial charge in [-0.2, -0.15) is 0 Å². The van der Waals surface area contributed by atoms with Gasteiger partial charge in [0.2, 0.25) is 5.91 Å². The van der Waals surface area contributed by atoms with Crippen LogP contribution in [0.15, 0.2) is 0 Å². The summed E-state index contributed by atoms with van der Waals surface area (Å²) in [6.07, 6.45) is 2.28. The van der Waals surface area contributed by atoms with Gasteiger partial charge in [-0.3, -0.25) is 4.79 Å². The Balaban J connectivity index is 2.16. The molecule has 0 aromatic rings. The lowest BCUT2D eigenvalue weighted by molar-refractivity contribution is -0.122. The zero-order chi connectivity index (χ0) is 9.68. The Morgan fingerprint density at radius 1 is 1.69 bits per heavy atom. The number of hydrogen-bond donors (Lipinski definition) is 3. The maximum absolute atomic E-state index is 11.4. The number of hydrogen-bond acceptors (Lipinski definition) is 3. The highest BCUT2D eigenvalue weighted by Gasteiger charge is 2.27. The van der Waals surface area contributed by atoms with Crippen LogP contribution in [-0.4, -0.2) is 36.2 Å². The van der Waals surface area contributed by atoms with Crippen molar-refractivity contribution in [2.45, 2.75) is 38.3 Å². The van der Waals surface area contributed by atoms with Gasteiger partial charge in [-0.25, -0.2) is 0 Å². The van der Waals surface area contributed by atoms with Crippen molar-refractivity contribution in [1.29, 1.82) is 0 Å². The first-order chi connectivity index (χ1) is 6.24. The lowest BCUT2D eigenvalue weighted by atomic mass is 10.2. The molecule has 0 aromatic carbocycles. The smallest absolute Gasteiger partial charge is 0.237 e. The maximum atomic E-state index is 11.4. The van der Waals surface area contributed by atoms with Crippen molar-refractivity contribution in [1.82, 2.24) is 10.6 Å². The minimum Gasteiger partial charge on any atom is -0.392 e. The molecule has 1 heterocycles. The van der Waals surface area contributed by atoms with Crippen LogP contribution in [0.1, 0.15) is 26.2 Å². The normalized spacial score (nSPS) is 27.5. The summed E-state index contributed by atoms with van der Waals surface area (Å²) in [5, 5.41) is 15.0. The van der Waals surface area contributed by atoms with Crippen LogP contribution in [0, 0.1) is 0 Å². The topological polar surface area (TPSA) is 61.4 Å². The van der Waals surface area contributed by atoms with E-state index in [4.69, 9.17) is 0 Å². The molecule has 0 aliphatic carbocycles. The standard InChI is InChI=1S/C9H18N2O2/c1-2-3-4-10-9(13)8-5-7(12)6-11-8/h7-8,11-12H,2-6H2,1H3,(H,10,13)/t7-,8?/m1/s1. The van der Waals surface area contributed by atoms with E-state index >= 15 is 0 Å². The van der Waals surface area contributed by atoms with Crippen LogP contribution in [0.25, 0.3) is 0 Å². The van der Waals surface area contributed by atoms with Gasteiger partial charge in [0.1, 0.15) is 0 Å². The van der Waals surface area contributed by atoms with Crippen LogP contribution in [0.4, 0.5) is 0 Å². The van der Waals surface area contributed by atoms with Crippen LogP contribution in [0.3, 0.4) is 0 Å². The first kappa shape index (κ1) is 10.5. The highest BCUT2D eigenvalue weighted by atomic mass is 16.3. The number of β-amino-alcohol motifs (C(OH)–C–C–N with tert-alkyl or cyclic N) is 1. The number of aliphatic hydroxyl groups is 1. The summed E-state index contributed by atoms with van der Waals surface area (Å²) in [6.45, 7) is 3.36. The SMILES string of the molecule is CCCCNC(=O)C1C[C@@H](O)CN1. The molecule has 13 heavy (non-hydrogen) atoms. The fourth-order valence-electron chi connectivity index (χ4n) is 1.43. The third kappa shape index (κ3) is 3.32. The molecule has 1 rings (SSSR count). The van der Waals surface area contributed by atoms with E-state index in [0.717, 1.165) is 19.4 Å². The second kappa shape index (κ2) is 5.19. The van der Waals surface area contributed by atoms with E-state index in [1.54, 1.807) is 0 Å². The van der Waals surface area contributed by atoms with Gasteiger partial charge in [0.15, 0.2) is 0 Å². The average Bonchev–Trinajstić information content (AvgIpc) is 2.52. The molecule has 1 fully saturated rings. The van der Waals surface area contributed by atoms with E-state index in [9.17, 15) is 9.90 Å². The lowest BCUT2D eigenvalue weighted by Crippen LogP contribution is -2.40. The Morgan fingerprint density at radius 2 is 2.46 bits per heavy atom. The minimum atomic E-state index is -0.359. The Bertz CT molecular complexity index is 173. The highest BCUT2D eigenvalue weighted by Crippen LogP contribution is 2.05. The molecule has 1 saturated heterocycles. The molecule has 0 radical (unpaired) electrons. The predicted octanol–water partition coefficient (Wildman–Crippen LogP) is -0.374. The summed E-state index contributed by atoms with van der Waals surface area (Å²) < 4.78 is 0. The van der Waals surface area contributed by atoms with Gasteiger partial charge in [-0.1, -0.05) is 13.3 Å². The summed E-state index contributed by atoms with van der Waals surface area (Å²) in [4.78, 5) is 11.4. The molecule has 4 nitrogen and oxygen atoms in total. The van der Waals surface area contributed by atoms with Gasteiger partial charge in [0.25, 0.3) is 0 Å². The number of rotatable bonds is 4. The number of carbonyl (C=O) groups is 1. The fraction of sp³-hybridized carbons (Fsp3) is 0.889. The van der Waals surface area contributed by atoms with Crippen LogP contribution in [0.2, 0.25) is 0 Å². The largest absolute Gasteiger partial charge is 0.392 e.